The molecule has 1 aromatic rings. The zero-order chi connectivity index (χ0) is 12.9. The largest absolute Gasteiger partial charge is 0.384 e. The number of sulfonamides is 1. The standard InChI is InChI=1S/C10H19N3O3S/c1-4-13-9-11-7-10(13)8-12(2)17(14,15)6-5-16-3/h7,9H,4-6,8H2,1-3H3. The van der Waals surface area contributed by atoms with Crippen LogP contribution in [0.3, 0.4) is 0 Å². The summed E-state index contributed by atoms with van der Waals surface area (Å²) in [7, 11) is -0.201. The van der Waals surface area contributed by atoms with E-state index in [1.807, 2.05) is 11.5 Å². The van der Waals surface area contributed by atoms with Gasteiger partial charge in [-0.3, -0.25) is 0 Å². The molecule has 0 bridgehead atoms. The van der Waals surface area contributed by atoms with Gasteiger partial charge in [0.1, 0.15) is 0 Å². The van der Waals surface area contributed by atoms with Crippen LogP contribution < -0.4 is 0 Å². The van der Waals surface area contributed by atoms with E-state index in [0.717, 1.165) is 12.2 Å². The number of rotatable bonds is 7. The zero-order valence-electron chi connectivity index (χ0n) is 10.5. The highest BCUT2D eigenvalue weighted by molar-refractivity contribution is 7.89. The van der Waals surface area contributed by atoms with Gasteiger partial charge in [-0.05, 0) is 6.92 Å². The average Bonchev–Trinajstić information content (AvgIpc) is 2.73. The van der Waals surface area contributed by atoms with Crippen molar-refractivity contribution in [3.05, 3.63) is 18.2 Å². The number of imidazole rings is 1. The van der Waals surface area contributed by atoms with Crippen LogP contribution in [0.15, 0.2) is 12.5 Å². The molecule has 0 saturated carbocycles. The fraction of sp³-hybridized carbons (Fsp3) is 0.700. The SMILES string of the molecule is CCn1cncc1CN(C)S(=O)(=O)CCOC. The molecular weight excluding hydrogens is 242 g/mol. The molecular formula is C10H19N3O3S. The van der Waals surface area contributed by atoms with Crippen molar-refractivity contribution in [2.75, 3.05) is 26.5 Å². The van der Waals surface area contributed by atoms with Gasteiger partial charge in [0.25, 0.3) is 0 Å². The Balaban J connectivity index is 2.68. The van der Waals surface area contributed by atoms with Crippen molar-refractivity contribution >= 4 is 10.0 Å². The summed E-state index contributed by atoms with van der Waals surface area (Å²) in [5.74, 6) is 0.000260. The first-order valence-corrected chi connectivity index (χ1v) is 7.04. The summed E-state index contributed by atoms with van der Waals surface area (Å²) in [5.41, 5.74) is 0.885. The lowest BCUT2D eigenvalue weighted by atomic mass is 10.4. The summed E-state index contributed by atoms with van der Waals surface area (Å²) in [6, 6.07) is 0. The van der Waals surface area contributed by atoms with Gasteiger partial charge in [0.2, 0.25) is 10.0 Å². The molecule has 0 fully saturated rings. The van der Waals surface area contributed by atoms with Gasteiger partial charge in [0, 0.05) is 26.9 Å². The maximum Gasteiger partial charge on any atom is 0.216 e. The Bertz CT molecular complexity index is 441. The third kappa shape index (κ3) is 3.79. The van der Waals surface area contributed by atoms with Crippen LogP contribution in [0.1, 0.15) is 12.6 Å². The normalized spacial score (nSPS) is 12.2. The van der Waals surface area contributed by atoms with Crippen LogP contribution in [-0.4, -0.2) is 48.8 Å². The minimum atomic E-state index is -3.26. The minimum Gasteiger partial charge on any atom is -0.384 e. The Labute approximate surface area is 102 Å². The Morgan fingerprint density at radius 1 is 1.53 bits per heavy atom. The number of ether oxygens (including phenoxy) is 1. The Kier molecular flexibility index (Phi) is 5.10. The predicted octanol–water partition coefficient (Wildman–Crippen LogP) is 0.311. The number of nitrogens with zero attached hydrogens (tertiary/aromatic N) is 3. The molecule has 0 atom stereocenters. The highest BCUT2D eigenvalue weighted by atomic mass is 32.2. The van der Waals surface area contributed by atoms with E-state index >= 15 is 0 Å². The van der Waals surface area contributed by atoms with E-state index in [1.165, 1.54) is 11.4 Å². The second-order valence-electron chi connectivity index (χ2n) is 3.74. The van der Waals surface area contributed by atoms with E-state index in [2.05, 4.69) is 4.98 Å². The molecule has 0 aliphatic carbocycles. The molecule has 0 aliphatic rings. The fourth-order valence-electron chi connectivity index (χ4n) is 1.44. The third-order valence-corrected chi connectivity index (χ3v) is 4.31. The topological polar surface area (TPSA) is 64.4 Å². The highest BCUT2D eigenvalue weighted by Crippen LogP contribution is 2.07. The number of methoxy groups -OCH3 is 1. The second kappa shape index (κ2) is 6.13. The molecule has 0 aliphatic heterocycles. The van der Waals surface area contributed by atoms with E-state index in [1.54, 1.807) is 19.6 Å². The van der Waals surface area contributed by atoms with Crippen molar-refractivity contribution < 1.29 is 13.2 Å². The molecule has 1 aromatic heterocycles. The molecule has 17 heavy (non-hydrogen) atoms. The number of hydrogen-bond donors (Lipinski definition) is 0. The zero-order valence-corrected chi connectivity index (χ0v) is 11.3. The number of aromatic nitrogens is 2. The van der Waals surface area contributed by atoms with Crippen molar-refractivity contribution in [2.45, 2.75) is 20.0 Å². The van der Waals surface area contributed by atoms with Crippen molar-refractivity contribution in [1.29, 1.82) is 0 Å². The predicted molar refractivity (Wildman–Crippen MR) is 65.0 cm³/mol. The van der Waals surface area contributed by atoms with Crippen molar-refractivity contribution in [2.24, 2.45) is 0 Å². The summed E-state index contributed by atoms with van der Waals surface area (Å²) >= 11 is 0. The number of hydrogen-bond acceptors (Lipinski definition) is 4. The van der Waals surface area contributed by atoms with Crippen LogP contribution in [0.2, 0.25) is 0 Å². The summed E-state index contributed by atoms with van der Waals surface area (Å²) in [6.45, 7) is 3.31. The second-order valence-corrected chi connectivity index (χ2v) is 5.93. The van der Waals surface area contributed by atoms with Crippen LogP contribution in [0.5, 0.6) is 0 Å². The lowest BCUT2D eigenvalue weighted by molar-refractivity contribution is 0.215. The van der Waals surface area contributed by atoms with E-state index in [-0.39, 0.29) is 12.4 Å². The Hall–Kier alpha value is -0.920. The third-order valence-electron chi connectivity index (χ3n) is 2.54. The molecule has 1 rings (SSSR count). The smallest absolute Gasteiger partial charge is 0.216 e. The lowest BCUT2D eigenvalue weighted by Crippen LogP contribution is -2.31. The maximum atomic E-state index is 11.8. The van der Waals surface area contributed by atoms with Crippen molar-refractivity contribution in [1.82, 2.24) is 13.9 Å². The molecule has 0 N–H and O–H groups in total. The maximum absolute atomic E-state index is 11.8. The molecule has 0 amide bonds. The molecule has 0 unspecified atom stereocenters. The quantitative estimate of drug-likeness (QED) is 0.708. The van der Waals surface area contributed by atoms with E-state index in [0.29, 0.717) is 6.54 Å². The van der Waals surface area contributed by atoms with Gasteiger partial charge >= 0.3 is 0 Å². The van der Waals surface area contributed by atoms with Gasteiger partial charge in [0.05, 0.1) is 30.9 Å². The van der Waals surface area contributed by atoms with Gasteiger partial charge in [-0.1, -0.05) is 0 Å². The van der Waals surface area contributed by atoms with Crippen molar-refractivity contribution in [3.63, 3.8) is 0 Å². The Morgan fingerprint density at radius 3 is 2.82 bits per heavy atom. The van der Waals surface area contributed by atoms with Crippen LogP contribution in [0.4, 0.5) is 0 Å². The van der Waals surface area contributed by atoms with Gasteiger partial charge in [-0.15, -0.1) is 0 Å². The fourth-order valence-corrected chi connectivity index (χ4v) is 2.45. The first-order chi connectivity index (χ1) is 8.01. The number of aryl methyl sites for hydroxylation is 1. The average molecular weight is 261 g/mol. The summed E-state index contributed by atoms with van der Waals surface area (Å²) in [6.07, 6.45) is 3.39. The molecule has 6 nitrogen and oxygen atoms in total. The summed E-state index contributed by atoms with van der Waals surface area (Å²) < 4.78 is 31.7. The first kappa shape index (κ1) is 14.1. The van der Waals surface area contributed by atoms with Crippen LogP contribution >= 0.6 is 0 Å². The first-order valence-electron chi connectivity index (χ1n) is 5.43. The van der Waals surface area contributed by atoms with Gasteiger partial charge in [-0.25, -0.2) is 13.4 Å². The van der Waals surface area contributed by atoms with E-state index in [9.17, 15) is 8.42 Å². The van der Waals surface area contributed by atoms with Gasteiger partial charge in [-0.2, -0.15) is 4.31 Å². The molecule has 0 radical (unpaired) electrons. The summed E-state index contributed by atoms with van der Waals surface area (Å²) in [4.78, 5) is 4.01. The van der Waals surface area contributed by atoms with Crippen LogP contribution in [0, 0.1) is 0 Å². The minimum absolute atomic E-state index is 0.000260. The van der Waals surface area contributed by atoms with Gasteiger partial charge < -0.3 is 9.30 Å². The molecule has 98 valence electrons. The van der Waals surface area contributed by atoms with E-state index < -0.39 is 10.0 Å². The lowest BCUT2D eigenvalue weighted by Gasteiger charge is -2.17. The molecule has 0 saturated heterocycles. The van der Waals surface area contributed by atoms with E-state index in [4.69, 9.17) is 4.74 Å². The molecule has 0 aromatic carbocycles. The highest BCUT2D eigenvalue weighted by Gasteiger charge is 2.18. The molecule has 7 heteroatoms. The molecule has 1 heterocycles. The van der Waals surface area contributed by atoms with Gasteiger partial charge in [0.15, 0.2) is 0 Å². The molecule has 0 spiro atoms. The summed E-state index contributed by atoms with van der Waals surface area (Å²) in [5, 5.41) is 0. The van der Waals surface area contributed by atoms with Crippen molar-refractivity contribution in [3.8, 4) is 0 Å². The van der Waals surface area contributed by atoms with Crippen LogP contribution in [-0.2, 0) is 27.8 Å². The Morgan fingerprint density at radius 2 is 2.24 bits per heavy atom. The monoisotopic (exact) mass is 261 g/mol. The van der Waals surface area contributed by atoms with Crippen LogP contribution in [0.25, 0.3) is 0 Å².